The van der Waals surface area contributed by atoms with Crippen LogP contribution in [0.3, 0.4) is 0 Å². The molecule has 1 aliphatic rings. The fourth-order valence-electron chi connectivity index (χ4n) is 4.05. The van der Waals surface area contributed by atoms with Crippen molar-refractivity contribution in [3.8, 4) is 17.3 Å². The van der Waals surface area contributed by atoms with E-state index in [-0.39, 0.29) is 40.5 Å². The highest BCUT2D eigenvalue weighted by Crippen LogP contribution is 2.31. The summed E-state index contributed by atoms with van der Waals surface area (Å²) in [6.07, 6.45) is -5.68. The second-order valence-corrected chi connectivity index (χ2v) is 11.1. The topological polar surface area (TPSA) is 127 Å². The zero-order chi connectivity index (χ0) is 32.0. The molecule has 1 aliphatic heterocycles. The number of benzene rings is 1. The SMILES string of the molecule is C[C@@H]1CC[C@H](C)N1S(=O)(=O)c1ccc(F)cc1.O=CNCc1cc(-c2cnc(C(F)(F)F)nc2)nc(OCC(F)(F)F)n1. The van der Waals surface area contributed by atoms with E-state index in [1.165, 1.54) is 34.6 Å². The summed E-state index contributed by atoms with van der Waals surface area (Å²) in [6.45, 7) is 1.98. The zero-order valence-electron chi connectivity index (χ0n) is 22.5. The molecule has 0 aliphatic carbocycles. The minimum absolute atomic E-state index is 0.00962. The molecule has 0 saturated carbocycles. The standard InChI is InChI=1S/C13H9F6N5O2.C12H16FNO2S/c14-12(15,16)5-26-11-23-8(4-20-6-25)1-9(24-11)7-2-21-10(22-3-7)13(17,18)19;1-9-3-4-10(2)14(9)17(15,16)12-7-5-11(13)6-8-12/h1-3,6H,4-5H2,(H,20,25);5-10H,3-4H2,1-2H3/t;9-,10+. The van der Waals surface area contributed by atoms with Crippen LogP contribution in [0.4, 0.5) is 30.7 Å². The van der Waals surface area contributed by atoms with Gasteiger partial charge in [-0.1, -0.05) is 0 Å². The van der Waals surface area contributed by atoms with Crippen LogP contribution in [0.15, 0.2) is 47.6 Å². The smallest absolute Gasteiger partial charge is 0.451 e. The monoisotopic (exact) mass is 638 g/mol. The average Bonchev–Trinajstić information content (AvgIpc) is 3.29. The van der Waals surface area contributed by atoms with E-state index in [1.54, 1.807) is 0 Å². The number of aromatic nitrogens is 4. The molecule has 1 aromatic carbocycles. The van der Waals surface area contributed by atoms with Gasteiger partial charge >= 0.3 is 18.4 Å². The molecule has 3 heterocycles. The van der Waals surface area contributed by atoms with Crippen molar-refractivity contribution in [1.82, 2.24) is 29.6 Å². The molecule has 1 fully saturated rings. The number of ether oxygens (including phenoxy) is 1. The lowest BCUT2D eigenvalue weighted by Gasteiger charge is -2.25. The third-order valence-electron chi connectivity index (χ3n) is 5.95. The summed E-state index contributed by atoms with van der Waals surface area (Å²) in [5.74, 6) is -1.81. The van der Waals surface area contributed by atoms with Gasteiger partial charge in [0.25, 0.3) is 0 Å². The number of hydrogen-bond donors (Lipinski definition) is 1. The number of rotatable bonds is 8. The highest BCUT2D eigenvalue weighted by atomic mass is 32.2. The van der Waals surface area contributed by atoms with Crippen LogP contribution in [-0.2, 0) is 27.5 Å². The van der Waals surface area contributed by atoms with E-state index < -0.39 is 46.6 Å². The Balaban J connectivity index is 0.000000257. The van der Waals surface area contributed by atoms with Crippen molar-refractivity contribution >= 4 is 16.4 Å². The van der Waals surface area contributed by atoms with Gasteiger partial charge in [0.1, 0.15) is 5.82 Å². The first kappa shape index (κ1) is 33.6. The van der Waals surface area contributed by atoms with Crippen molar-refractivity contribution in [3.05, 3.63) is 60.1 Å². The van der Waals surface area contributed by atoms with E-state index in [2.05, 4.69) is 30.0 Å². The summed E-state index contributed by atoms with van der Waals surface area (Å²) in [5.41, 5.74) is -0.0163. The highest BCUT2D eigenvalue weighted by molar-refractivity contribution is 7.89. The third-order valence-corrected chi connectivity index (χ3v) is 8.09. The van der Waals surface area contributed by atoms with Crippen molar-refractivity contribution in [2.45, 2.75) is 62.6 Å². The van der Waals surface area contributed by atoms with Gasteiger partial charge in [-0.2, -0.15) is 40.6 Å². The van der Waals surface area contributed by atoms with Gasteiger partial charge < -0.3 is 10.1 Å². The highest BCUT2D eigenvalue weighted by Gasteiger charge is 2.37. The predicted octanol–water partition coefficient (Wildman–Crippen LogP) is 4.53. The van der Waals surface area contributed by atoms with Crippen LogP contribution in [0.1, 0.15) is 38.2 Å². The number of carbonyl (C=O) groups excluding carboxylic acids is 1. The van der Waals surface area contributed by atoms with Crippen molar-refractivity contribution in [2.24, 2.45) is 0 Å². The minimum atomic E-state index is -4.75. The summed E-state index contributed by atoms with van der Waals surface area (Å²) in [5, 5.41) is 2.24. The molecular weight excluding hydrogens is 613 g/mol. The van der Waals surface area contributed by atoms with E-state index in [4.69, 9.17) is 0 Å². The van der Waals surface area contributed by atoms with Crippen LogP contribution >= 0.6 is 0 Å². The summed E-state index contributed by atoms with van der Waals surface area (Å²) in [6, 6.07) is 5.60. The molecule has 3 aromatic rings. The second kappa shape index (κ2) is 13.6. The Kier molecular flexibility index (Phi) is 10.6. The molecule has 0 unspecified atom stereocenters. The van der Waals surface area contributed by atoms with Gasteiger partial charge in [-0.15, -0.1) is 0 Å². The lowest BCUT2D eigenvalue weighted by atomic mass is 10.2. The van der Waals surface area contributed by atoms with Crippen LogP contribution in [0, 0.1) is 5.82 Å². The van der Waals surface area contributed by atoms with Crippen LogP contribution in [0.5, 0.6) is 6.01 Å². The van der Waals surface area contributed by atoms with E-state index in [9.17, 15) is 43.9 Å². The van der Waals surface area contributed by atoms with Crippen molar-refractivity contribution < 1.29 is 48.7 Å². The lowest BCUT2D eigenvalue weighted by Crippen LogP contribution is -2.38. The zero-order valence-corrected chi connectivity index (χ0v) is 23.3. The van der Waals surface area contributed by atoms with Gasteiger partial charge in [0.15, 0.2) is 6.61 Å². The summed E-state index contributed by atoms with van der Waals surface area (Å²) < 4.78 is 118. The minimum Gasteiger partial charge on any atom is -0.454 e. The number of carbonyl (C=O) groups is 1. The number of halogens is 7. The van der Waals surface area contributed by atoms with Crippen molar-refractivity contribution in [3.63, 3.8) is 0 Å². The molecule has 0 bridgehead atoms. The fourth-order valence-corrected chi connectivity index (χ4v) is 5.93. The maximum atomic E-state index is 12.8. The molecule has 1 saturated heterocycles. The molecule has 10 nitrogen and oxygen atoms in total. The predicted molar refractivity (Wildman–Crippen MR) is 136 cm³/mol. The first-order valence-electron chi connectivity index (χ1n) is 12.4. The molecule has 234 valence electrons. The lowest BCUT2D eigenvalue weighted by molar-refractivity contribution is -0.154. The normalized spacial score (nSPS) is 17.6. The Morgan fingerprint density at radius 3 is 2.09 bits per heavy atom. The maximum Gasteiger partial charge on any atom is 0.451 e. The number of hydrogen-bond acceptors (Lipinski definition) is 8. The summed E-state index contributed by atoms with van der Waals surface area (Å²) >= 11 is 0. The Bertz CT molecular complexity index is 1480. The molecule has 1 N–H and O–H groups in total. The molecule has 18 heteroatoms. The molecule has 43 heavy (non-hydrogen) atoms. The Labute approximate surface area is 241 Å². The van der Waals surface area contributed by atoms with Gasteiger partial charge in [0.2, 0.25) is 22.3 Å². The Morgan fingerprint density at radius 2 is 1.58 bits per heavy atom. The van der Waals surface area contributed by atoms with Crippen LogP contribution in [-0.4, -0.2) is 63.9 Å². The first-order chi connectivity index (χ1) is 20.0. The van der Waals surface area contributed by atoms with Gasteiger partial charge in [0.05, 0.1) is 22.8 Å². The Morgan fingerprint density at radius 1 is 1.00 bits per heavy atom. The van der Waals surface area contributed by atoms with Crippen LogP contribution in [0.25, 0.3) is 11.3 Å². The molecule has 0 radical (unpaired) electrons. The van der Waals surface area contributed by atoms with Crippen molar-refractivity contribution in [2.75, 3.05) is 6.61 Å². The van der Waals surface area contributed by atoms with Gasteiger partial charge in [0, 0.05) is 30.0 Å². The molecular formula is C25H25F7N6O4S. The number of alkyl halides is 6. The first-order valence-corrected chi connectivity index (χ1v) is 13.9. The number of nitrogens with zero attached hydrogens (tertiary/aromatic N) is 5. The van der Waals surface area contributed by atoms with Crippen molar-refractivity contribution in [1.29, 1.82) is 0 Å². The van der Waals surface area contributed by atoms with E-state index >= 15 is 0 Å². The quantitative estimate of drug-likeness (QED) is 0.282. The largest absolute Gasteiger partial charge is 0.454 e. The van der Waals surface area contributed by atoms with Gasteiger partial charge in [-0.25, -0.2) is 22.8 Å². The maximum absolute atomic E-state index is 12.8. The van der Waals surface area contributed by atoms with E-state index in [0.717, 1.165) is 25.2 Å². The van der Waals surface area contributed by atoms with E-state index in [0.29, 0.717) is 6.41 Å². The van der Waals surface area contributed by atoms with Crippen LogP contribution in [0.2, 0.25) is 0 Å². The Hall–Kier alpha value is -3.93. The number of nitrogens with one attached hydrogen (secondary N) is 1. The number of amides is 1. The van der Waals surface area contributed by atoms with Gasteiger partial charge in [-0.05, 0) is 57.0 Å². The third kappa shape index (κ3) is 9.28. The molecule has 1 amide bonds. The number of sulfonamides is 1. The second-order valence-electron chi connectivity index (χ2n) is 9.29. The molecule has 0 spiro atoms. The summed E-state index contributed by atoms with van der Waals surface area (Å²) in [4.78, 5) is 24.2. The van der Waals surface area contributed by atoms with Gasteiger partial charge in [-0.3, -0.25) is 4.79 Å². The van der Waals surface area contributed by atoms with Crippen LogP contribution < -0.4 is 10.1 Å². The molecule has 4 rings (SSSR count). The fraction of sp³-hybridized carbons (Fsp3) is 0.400. The molecule has 2 aromatic heterocycles. The average molecular weight is 639 g/mol. The summed E-state index contributed by atoms with van der Waals surface area (Å²) in [7, 11) is -3.49. The van der Waals surface area contributed by atoms with E-state index in [1.807, 2.05) is 13.8 Å². The molecule has 2 atom stereocenters.